The molecule has 18 heavy (non-hydrogen) atoms. The van der Waals surface area contributed by atoms with E-state index in [1.54, 1.807) is 6.07 Å². The summed E-state index contributed by atoms with van der Waals surface area (Å²) < 4.78 is 10.6. The van der Waals surface area contributed by atoms with E-state index in [0.717, 1.165) is 12.0 Å². The highest BCUT2D eigenvalue weighted by atomic mass is 16.5. The number of amides is 1. The number of benzene rings is 1. The second kappa shape index (κ2) is 5.84. The summed E-state index contributed by atoms with van der Waals surface area (Å²) in [6.45, 7) is 3.20. The van der Waals surface area contributed by atoms with Crippen LogP contribution in [0.15, 0.2) is 18.2 Å². The van der Waals surface area contributed by atoms with E-state index in [0.29, 0.717) is 24.6 Å². The molecular weight excluding hydrogens is 232 g/mol. The maximum absolute atomic E-state index is 11.7. The van der Waals surface area contributed by atoms with E-state index in [-0.39, 0.29) is 18.6 Å². The van der Waals surface area contributed by atoms with Gasteiger partial charge >= 0.3 is 0 Å². The number of nitrogens with two attached hydrogens (primary N) is 1. The van der Waals surface area contributed by atoms with E-state index >= 15 is 0 Å². The third-order valence-corrected chi connectivity index (χ3v) is 2.91. The van der Waals surface area contributed by atoms with Crippen LogP contribution in [0.2, 0.25) is 0 Å². The molecular formula is C13H18N2O3. The van der Waals surface area contributed by atoms with Crippen molar-refractivity contribution in [2.24, 2.45) is 0 Å². The number of ether oxygens (including phenoxy) is 2. The summed E-state index contributed by atoms with van der Waals surface area (Å²) in [5, 5.41) is 2.77. The minimum Gasteiger partial charge on any atom is -0.397 e. The van der Waals surface area contributed by atoms with Crippen molar-refractivity contribution in [3.8, 4) is 0 Å². The Morgan fingerprint density at radius 3 is 3.11 bits per heavy atom. The number of carbonyl (C=O) groups excluding carboxylic acids is 1. The smallest absolute Gasteiger partial charge is 0.250 e. The van der Waals surface area contributed by atoms with Crippen LogP contribution in [0.4, 0.5) is 11.4 Å². The van der Waals surface area contributed by atoms with Gasteiger partial charge in [0.25, 0.3) is 0 Å². The van der Waals surface area contributed by atoms with Crippen LogP contribution in [-0.4, -0.2) is 31.8 Å². The monoisotopic (exact) mass is 250 g/mol. The van der Waals surface area contributed by atoms with Crippen molar-refractivity contribution in [3.05, 3.63) is 23.8 Å². The SMILES string of the molecule is Cc1cccc(N)c1NC(=O)COC1CCOC1. The third-order valence-electron chi connectivity index (χ3n) is 2.91. The fourth-order valence-corrected chi connectivity index (χ4v) is 1.87. The summed E-state index contributed by atoms with van der Waals surface area (Å²) in [4.78, 5) is 11.7. The minimum atomic E-state index is -0.192. The Kier molecular flexibility index (Phi) is 4.17. The van der Waals surface area contributed by atoms with Crippen LogP contribution in [0.5, 0.6) is 0 Å². The largest absolute Gasteiger partial charge is 0.397 e. The van der Waals surface area contributed by atoms with Gasteiger partial charge in [-0.1, -0.05) is 12.1 Å². The maximum Gasteiger partial charge on any atom is 0.250 e. The lowest BCUT2D eigenvalue weighted by atomic mass is 10.1. The van der Waals surface area contributed by atoms with Crippen molar-refractivity contribution < 1.29 is 14.3 Å². The van der Waals surface area contributed by atoms with Crippen LogP contribution >= 0.6 is 0 Å². The molecule has 1 heterocycles. The molecule has 0 radical (unpaired) electrons. The van der Waals surface area contributed by atoms with Crippen molar-refractivity contribution in [1.29, 1.82) is 0 Å². The molecule has 1 aliphatic rings. The Morgan fingerprint density at radius 2 is 2.44 bits per heavy atom. The first-order valence-electron chi connectivity index (χ1n) is 6.01. The third kappa shape index (κ3) is 3.21. The number of carbonyl (C=O) groups is 1. The Morgan fingerprint density at radius 1 is 1.61 bits per heavy atom. The average molecular weight is 250 g/mol. The molecule has 5 heteroatoms. The predicted molar refractivity (Wildman–Crippen MR) is 69.4 cm³/mol. The molecule has 1 amide bonds. The van der Waals surface area contributed by atoms with Gasteiger partial charge in [-0.05, 0) is 25.0 Å². The molecule has 0 saturated carbocycles. The van der Waals surface area contributed by atoms with Crippen molar-refractivity contribution in [2.45, 2.75) is 19.4 Å². The van der Waals surface area contributed by atoms with E-state index in [1.165, 1.54) is 0 Å². The molecule has 1 aromatic rings. The summed E-state index contributed by atoms with van der Waals surface area (Å²) in [5.41, 5.74) is 7.97. The number of nitrogen functional groups attached to an aromatic ring is 1. The van der Waals surface area contributed by atoms with Gasteiger partial charge in [0.05, 0.1) is 24.1 Å². The minimum absolute atomic E-state index is 0.0296. The van der Waals surface area contributed by atoms with Gasteiger partial charge in [0.2, 0.25) is 5.91 Å². The Balaban J connectivity index is 1.86. The van der Waals surface area contributed by atoms with E-state index in [2.05, 4.69) is 5.32 Å². The highest BCUT2D eigenvalue weighted by molar-refractivity contribution is 5.95. The lowest BCUT2D eigenvalue weighted by molar-refractivity contribution is -0.122. The molecule has 3 N–H and O–H groups in total. The lowest BCUT2D eigenvalue weighted by Crippen LogP contribution is -2.24. The van der Waals surface area contributed by atoms with Gasteiger partial charge in [-0.2, -0.15) is 0 Å². The molecule has 1 aromatic carbocycles. The summed E-state index contributed by atoms with van der Waals surface area (Å²) in [6.07, 6.45) is 0.879. The van der Waals surface area contributed by atoms with E-state index in [1.807, 2.05) is 19.1 Å². The zero-order valence-electron chi connectivity index (χ0n) is 10.4. The molecule has 1 atom stereocenters. The Labute approximate surface area is 106 Å². The maximum atomic E-state index is 11.7. The van der Waals surface area contributed by atoms with E-state index in [4.69, 9.17) is 15.2 Å². The summed E-state index contributed by atoms with van der Waals surface area (Å²) in [6, 6.07) is 5.51. The van der Waals surface area contributed by atoms with Gasteiger partial charge < -0.3 is 20.5 Å². The predicted octanol–water partition coefficient (Wildman–Crippen LogP) is 1.32. The first kappa shape index (κ1) is 12.9. The summed E-state index contributed by atoms with van der Waals surface area (Å²) in [5.74, 6) is -0.192. The molecule has 1 unspecified atom stereocenters. The van der Waals surface area contributed by atoms with Gasteiger partial charge in [-0.25, -0.2) is 0 Å². The van der Waals surface area contributed by atoms with Crippen molar-refractivity contribution in [1.82, 2.24) is 0 Å². The fourth-order valence-electron chi connectivity index (χ4n) is 1.87. The van der Waals surface area contributed by atoms with Crippen LogP contribution in [0, 0.1) is 6.92 Å². The van der Waals surface area contributed by atoms with Gasteiger partial charge in [0, 0.05) is 6.61 Å². The fraction of sp³-hybridized carbons (Fsp3) is 0.462. The zero-order valence-corrected chi connectivity index (χ0v) is 10.4. The second-order valence-corrected chi connectivity index (χ2v) is 4.38. The van der Waals surface area contributed by atoms with Crippen LogP contribution in [0.3, 0.4) is 0 Å². The van der Waals surface area contributed by atoms with Gasteiger partial charge in [-0.15, -0.1) is 0 Å². The number of hydrogen-bond donors (Lipinski definition) is 2. The van der Waals surface area contributed by atoms with Crippen molar-refractivity contribution in [2.75, 3.05) is 30.9 Å². The molecule has 1 saturated heterocycles. The van der Waals surface area contributed by atoms with Crippen LogP contribution in [0.1, 0.15) is 12.0 Å². The average Bonchev–Trinajstić information content (AvgIpc) is 2.84. The zero-order chi connectivity index (χ0) is 13.0. The second-order valence-electron chi connectivity index (χ2n) is 4.38. The van der Waals surface area contributed by atoms with Crippen LogP contribution in [0.25, 0.3) is 0 Å². The molecule has 5 nitrogen and oxygen atoms in total. The number of hydrogen-bond acceptors (Lipinski definition) is 4. The first-order valence-corrected chi connectivity index (χ1v) is 6.01. The van der Waals surface area contributed by atoms with Crippen LogP contribution < -0.4 is 11.1 Å². The molecule has 0 spiro atoms. The molecule has 0 bridgehead atoms. The van der Waals surface area contributed by atoms with Crippen molar-refractivity contribution >= 4 is 17.3 Å². The number of para-hydroxylation sites is 1. The van der Waals surface area contributed by atoms with E-state index < -0.39 is 0 Å². The topological polar surface area (TPSA) is 73.6 Å². The molecule has 2 rings (SSSR count). The normalized spacial score (nSPS) is 18.8. The Bertz CT molecular complexity index is 408. The van der Waals surface area contributed by atoms with Gasteiger partial charge in [-0.3, -0.25) is 4.79 Å². The summed E-state index contributed by atoms with van der Waals surface area (Å²) in [7, 11) is 0. The Hall–Kier alpha value is -1.59. The lowest BCUT2D eigenvalue weighted by Gasteiger charge is -2.13. The quantitative estimate of drug-likeness (QED) is 0.790. The number of nitrogens with one attached hydrogen (secondary N) is 1. The van der Waals surface area contributed by atoms with Crippen LogP contribution in [-0.2, 0) is 14.3 Å². The number of rotatable bonds is 4. The first-order chi connectivity index (χ1) is 8.66. The summed E-state index contributed by atoms with van der Waals surface area (Å²) >= 11 is 0. The highest BCUT2D eigenvalue weighted by Gasteiger charge is 2.17. The highest BCUT2D eigenvalue weighted by Crippen LogP contribution is 2.22. The van der Waals surface area contributed by atoms with E-state index in [9.17, 15) is 4.79 Å². The number of anilines is 2. The number of aryl methyl sites for hydroxylation is 1. The van der Waals surface area contributed by atoms with Gasteiger partial charge in [0.1, 0.15) is 6.61 Å². The standard InChI is InChI=1S/C13H18N2O3/c1-9-3-2-4-11(14)13(9)15-12(16)8-18-10-5-6-17-7-10/h2-4,10H,5-8,14H2,1H3,(H,15,16). The molecule has 0 aliphatic carbocycles. The van der Waals surface area contributed by atoms with Gasteiger partial charge in [0.15, 0.2) is 0 Å². The molecule has 1 aliphatic heterocycles. The van der Waals surface area contributed by atoms with Crippen molar-refractivity contribution in [3.63, 3.8) is 0 Å². The molecule has 98 valence electrons. The molecule has 0 aromatic heterocycles. The molecule has 1 fully saturated rings.